The molecule has 10 nitrogen and oxygen atoms in total. The molecule has 3 heterocycles. The van der Waals surface area contributed by atoms with Gasteiger partial charge in [-0.2, -0.15) is 15.3 Å². The van der Waals surface area contributed by atoms with E-state index in [1.165, 1.54) is 24.0 Å². The van der Waals surface area contributed by atoms with E-state index in [1.54, 1.807) is 23.3 Å². The molecule has 0 aliphatic heterocycles. The Balaban J connectivity index is 1.63. The summed E-state index contributed by atoms with van der Waals surface area (Å²) in [5.41, 5.74) is 1.82. The Kier molecular flexibility index (Phi) is 4.83. The Morgan fingerprint density at radius 3 is 2.58 bits per heavy atom. The van der Waals surface area contributed by atoms with Gasteiger partial charge in [0, 0.05) is 30.7 Å². The summed E-state index contributed by atoms with van der Waals surface area (Å²) >= 11 is 0. The molecule has 3 aromatic rings. The molecule has 0 saturated heterocycles. The van der Waals surface area contributed by atoms with E-state index in [1.807, 2.05) is 17.8 Å². The lowest BCUT2D eigenvalue weighted by Gasteiger charge is -2.05. The molecular formula is C16H19N7O3. The van der Waals surface area contributed by atoms with Gasteiger partial charge in [-0.05, 0) is 13.8 Å². The Hall–Kier alpha value is -3.43. The van der Waals surface area contributed by atoms with Crippen molar-refractivity contribution in [3.05, 3.63) is 48.3 Å². The van der Waals surface area contributed by atoms with Gasteiger partial charge in [-0.25, -0.2) is 4.79 Å². The number of carboxylic acid groups (broad SMARTS) is 1. The van der Waals surface area contributed by atoms with Crippen molar-refractivity contribution in [3.8, 4) is 0 Å². The highest BCUT2D eigenvalue weighted by Crippen LogP contribution is 2.11. The largest absolute Gasteiger partial charge is 0.480 e. The number of amides is 1. The van der Waals surface area contributed by atoms with E-state index >= 15 is 0 Å². The Labute approximate surface area is 149 Å². The normalized spacial score (nSPS) is 12.1. The highest BCUT2D eigenvalue weighted by Gasteiger charge is 2.17. The van der Waals surface area contributed by atoms with Crippen LogP contribution in [0.3, 0.4) is 0 Å². The number of carbonyl (C=O) groups is 2. The van der Waals surface area contributed by atoms with Crippen LogP contribution in [0, 0.1) is 0 Å². The SMILES string of the molecule is CCn1cc(Cn2cc(NC(=O)c3cnn(C(C)C(=O)O)c3)cn2)cn1. The summed E-state index contributed by atoms with van der Waals surface area (Å²) in [5, 5.41) is 24.0. The molecular weight excluding hydrogens is 338 g/mol. The molecule has 2 N–H and O–H groups in total. The number of nitrogens with one attached hydrogen (secondary N) is 1. The minimum absolute atomic E-state index is 0.273. The number of rotatable bonds is 7. The molecule has 0 spiro atoms. The van der Waals surface area contributed by atoms with Gasteiger partial charge >= 0.3 is 5.97 Å². The summed E-state index contributed by atoms with van der Waals surface area (Å²) in [5.74, 6) is -1.40. The first-order valence-corrected chi connectivity index (χ1v) is 8.08. The fourth-order valence-electron chi connectivity index (χ4n) is 2.35. The summed E-state index contributed by atoms with van der Waals surface area (Å²) in [6.07, 6.45) is 9.72. The highest BCUT2D eigenvalue weighted by atomic mass is 16.4. The fraction of sp³-hybridized carbons (Fsp3) is 0.312. The zero-order valence-electron chi connectivity index (χ0n) is 14.4. The summed E-state index contributed by atoms with van der Waals surface area (Å²) in [6.45, 7) is 4.85. The average molecular weight is 357 g/mol. The zero-order valence-corrected chi connectivity index (χ0v) is 14.4. The standard InChI is InChI=1S/C16H19N7O3/c1-3-21-7-12(4-17-21)8-22-10-14(6-18-22)20-15(24)13-5-19-23(9-13)11(2)16(25)26/h4-7,9-11H,3,8H2,1-2H3,(H,20,24)(H,25,26). The first-order chi connectivity index (χ1) is 12.5. The smallest absolute Gasteiger partial charge is 0.328 e. The number of nitrogens with zero attached hydrogens (tertiary/aromatic N) is 6. The number of hydrogen-bond acceptors (Lipinski definition) is 5. The minimum Gasteiger partial charge on any atom is -0.480 e. The number of anilines is 1. The van der Waals surface area contributed by atoms with Gasteiger partial charge in [0.15, 0.2) is 0 Å². The van der Waals surface area contributed by atoms with Crippen LogP contribution in [-0.4, -0.2) is 46.3 Å². The van der Waals surface area contributed by atoms with E-state index in [0.717, 1.165) is 12.1 Å². The lowest BCUT2D eigenvalue weighted by Crippen LogP contribution is -2.16. The highest BCUT2D eigenvalue weighted by molar-refractivity contribution is 6.03. The molecule has 0 aliphatic rings. The lowest BCUT2D eigenvalue weighted by molar-refractivity contribution is -0.140. The monoisotopic (exact) mass is 357 g/mol. The second-order valence-electron chi connectivity index (χ2n) is 5.81. The molecule has 1 unspecified atom stereocenters. The van der Waals surface area contributed by atoms with Crippen LogP contribution in [0.1, 0.15) is 35.8 Å². The average Bonchev–Trinajstić information content (AvgIpc) is 3.35. The topological polar surface area (TPSA) is 120 Å². The first-order valence-electron chi connectivity index (χ1n) is 8.08. The van der Waals surface area contributed by atoms with Gasteiger partial charge in [-0.3, -0.25) is 18.8 Å². The number of aryl methyl sites for hydroxylation is 1. The maximum absolute atomic E-state index is 12.3. The van der Waals surface area contributed by atoms with Crippen molar-refractivity contribution in [2.24, 2.45) is 0 Å². The van der Waals surface area contributed by atoms with Crippen molar-refractivity contribution in [3.63, 3.8) is 0 Å². The fourth-order valence-corrected chi connectivity index (χ4v) is 2.35. The molecule has 26 heavy (non-hydrogen) atoms. The predicted octanol–water partition coefficient (Wildman–Crippen LogP) is 1.24. The van der Waals surface area contributed by atoms with Gasteiger partial charge in [-0.15, -0.1) is 0 Å². The number of hydrogen-bond donors (Lipinski definition) is 2. The summed E-state index contributed by atoms with van der Waals surface area (Å²) in [4.78, 5) is 23.2. The molecule has 10 heteroatoms. The van der Waals surface area contributed by atoms with Crippen LogP contribution >= 0.6 is 0 Å². The number of carbonyl (C=O) groups excluding carboxylic acids is 1. The van der Waals surface area contributed by atoms with Gasteiger partial charge in [0.2, 0.25) is 0 Å². The third-order valence-corrected chi connectivity index (χ3v) is 3.86. The van der Waals surface area contributed by atoms with Crippen molar-refractivity contribution in [1.82, 2.24) is 29.3 Å². The van der Waals surface area contributed by atoms with E-state index in [0.29, 0.717) is 12.2 Å². The van der Waals surface area contributed by atoms with Crippen LogP contribution in [0.15, 0.2) is 37.2 Å². The van der Waals surface area contributed by atoms with Crippen molar-refractivity contribution < 1.29 is 14.7 Å². The second kappa shape index (κ2) is 7.21. The summed E-state index contributed by atoms with van der Waals surface area (Å²) in [6, 6.07) is -0.844. The minimum atomic E-state index is -1.02. The van der Waals surface area contributed by atoms with Crippen molar-refractivity contribution in [2.75, 3.05) is 5.32 Å². The quantitative estimate of drug-likeness (QED) is 0.656. The lowest BCUT2D eigenvalue weighted by atomic mass is 10.3. The van der Waals surface area contributed by atoms with Crippen LogP contribution in [-0.2, 0) is 17.9 Å². The number of carboxylic acids is 1. The molecule has 0 aliphatic carbocycles. The van der Waals surface area contributed by atoms with Gasteiger partial charge in [0.05, 0.1) is 36.4 Å². The van der Waals surface area contributed by atoms with E-state index < -0.39 is 12.0 Å². The third-order valence-electron chi connectivity index (χ3n) is 3.86. The summed E-state index contributed by atoms with van der Waals surface area (Å²) in [7, 11) is 0. The van der Waals surface area contributed by atoms with Crippen molar-refractivity contribution in [1.29, 1.82) is 0 Å². The van der Waals surface area contributed by atoms with Crippen LogP contribution in [0.5, 0.6) is 0 Å². The van der Waals surface area contributed by atoms with Gasteiger partial charge in [0.1, 0.15) is 6.04 Å². The van der Waals surface area contributed by atoms with Gasteiger partial charge in [0.25, 0.3) is 5.91 Å². The van der Waals surface area contributed by atoms with Crippen LogP contribution < -0.4 is 5.32 Å². The molecule has 3 aromatic heterocycles. The Morgan fingerprint density at radius 2 is 1.88 bits per heavy atom. The predicted molar refractivity (Wildman–Crippen MR) is 91.8 cm³/mol. The number of aromatic nitrogens is 6. The molecule has 1 atom stereocenters. The Morgan fingerprint density at radius 1 is 1.12 bits per heavy atom. The van der Waals surface area contributed by atoms with Crippen LogP contribution in [0.2, 0.25) is 0 Å². The van der Waals surface area contributed by atoms with Crippen LogP contribution in [0.4, 0.5) is 5.69 Å². The van der Waals surface area contributed by atoms with Crippen LogP contribution in [0.25, 0.3) is 0 Å². The Bertz CT molecular complexity index is 924. The molecule has 0 bridgehead atoms. The molecule has 0 fully saturated rings. The van der Waals surface area contributed by atoms with Gasteiger partial charge < -0.3 is 10.4 Å². The second-order valence-corrected chi connectivity index (χ2v) is 5.81. The maximum atomic E-state index is 12.3. The van der Waals surface area contributed by atoms with Gasteiger partial charge in [-0.1, -0.05) is 0 Å². The molecule has 136 valence electrons. The summed E-state index contributed by atoms with van der Waals surface area (Å²) < 4.78 is 4.76. The molecule has 0 radical (unpaired) electrons. The zero-order chi connectivity index (χ0) is 18.7. The maximum Gasteiger partial charge on any atom is 0.328 e. The molecule has 0 aromatic carbocycles. The van der Waals surface area contributed by atoms with E-state index in [2.05, 4.69) is 20.6 Å². The molecule has 0 saturated carbocycles. The molecule has 3 rings (SSSR count). The van der Waals surface area contributed by atoms with Crippen molar-refractivity contribution >= 4 is 17.6 Å². The third kappa shape index (κ3) is 3.79. The van der Waals surface area contributed by atoms with Crippen molar-refractivity contribution in [2.45, 2.75) is 33.0 Å². The number of aliphatic carboxylic acids is 1. The van der Waals surface area contributed by atoms with E-state index in [-0.39, 0.29) is 11.5 Å². The molecule has 1 amide bonds. The van der Waals surface area contributed by atoms with E-state index in [4.69, 9.17) is 5.11 Å². The first kappa shape index (κ1) is 17.4. The van der Waals surface area contributed by atoms with E-state index in [9.17, 15) is 9.59 Å².